The number of aliphatic hydroxyl groups is 1. The first-order valence-corrected chi connectivity index (χ1v) is 5.64. The van der Waals surface area contributed by atoms with E-state index in [0.717, 1.165) is 30.6 Å². The number of rotatable bonds is 2. The maximum Gasteiger partial charge on any atom is 0.122 e. The van der Waals surface area contributed by atoms with Crippen molar-refractivity contribution in [3.63, 3.8) is 0 Å². The molecule has 0 amide bonds. The molecule has 15 heavy (non-hydrogen) atoms. The topological polar surface area (TPSA) is 29.5 Å². The lowest BCUT2D eigenvalue weighted by Crippen LogP contribution is -2.22. The van der Waals surface area contributed by atoms with Crippen molar-refractivity contribution >= 4 is 0 Å². The van der Waals surface area contributed by atoms with Crippen molar-refractivity contribution in [1.29, 1.82) is 0 Å². The van der Waals surface area contributed by atoms with E-state index < -0.39 is 0 Å². The van der Waals surface area contributed by atoms with Crippen LogP contribution in [-0.2, 0) is 0 Å². The van der Waals surface area contributed by atoms with Crippen LogP contribution >= 0.6 is 0 Å². The van der Waals surface area contributed by atoms with Crippen molar-refractivity contribution in [2.45, 2.75) is 37.7 Å². The molecule has 2 heteroatoms. The van der Waals surface area contributed by atoms with Gasteiger partial charge in [0.2, 0.25) is 0 Å². The van der Waals surface area contributed by atoms with Gasteiger partial charge in [-0.15, -0.1) is 0 Å². The van der Waals surface area contributed by atoms with Gasteiger partial charge in [-0.25, -0.2) is 0 Å². The molecule has 0 spiro atoms. The Bertz CT molecular complexity index is 322. The highest BCUT2D eigenvalue weighted by Gasteiger charge is 2.26. The molecule has 1 fully saturated rings. The van der Waals surface area contributed by atoms with E-state index in [9.17, 15) is 5.11 Å². The van der Waals surface area contributed by atoms with Crippen molar-refractivity contribution < 1.29 is 9.84 Å². The largest absolute Gasteiger partial charge is 0.496 e. The summed E-state index contributed by atoms with van der Waals surface area (Å²) in [4.78, 5) is 0. The molecule has 1 N–H and O–H groups in total. The maximum absolute atomic E-state index is 9.99. The average molecular weight is 206 g/mol. The molecule has 2 nitrogen and oxygen atoms in total. The smallest absolute Gasteiger partial charge is 0.122 e. The summed E-state index contributed by atoms with van der Waals surface area (Å²) in [6, 6.07) is 8.02. The van der Waals surface area contributed by atoms with Crippen LogP contribution in [0.5, 0.6) is 5.75 Å². The van der Waals surface area contributed by atoms with Crippen molar-refractivity contribution in [3.05, 3.63) is 29.8 Å². The minimum absolute atomic E-state index is 0.199. The van der Waals surface area contributed by atoms with Crippen LogP contribution in [0.3, 0.4) is 0 Å². The van der Waals surface area contributed by atoms with Crippen molar-refractivity contribution in [2.75, 3.05) is 7.11 Å². The van der Waals surface area contributed by atoms with E-state index >= 15 is 0 Å². The fraction of sp³-hybridized carbons (Fsp3) is 0.538. The molecule has 82 valence electrons. The minimum atomic E-state index is -0.199. The monoisotopic (exact) mass is 206 g/mol. The number of hydrogen-bond acceptors (Lipinski definition) is 2. The number of aliphatic hydroxyl groups excluding tert-OH is 1. The zero-order valence-corrected chi connectivity index (χ0v) is 9.15. The summed E-state index contributed by atoms with van der Waals surface area (Å²) in [5, 5.41) is 9.99. The summed E-state index contributed by atoms with van der Waals surface area (Å²) in [5.41, 5.74) is 1.16. The van der Waals surface area contributed by atoms with E-state index in [4.69, 9.17) is 4.74 Å². The number of benzene rings is 1. The molecule has 0 aromatic heterocycles. The Hall–Kier alpha value is -1.02. The molecule has 0 heterocycles. The number of para-hydroxylation sites is 1. The molecule has 0 unspecified atom stereocenters. The molecular formula is C13H18O2. The van der Waals surface area contributed by atoms with Crippen LogP contribution in [0.1, 0.15) is 37.2 Å². The van der Waals surface area contributed by atoms with Crippen LogP contribution in [0.25, 0.3) is 0 Å². The van der Waals surface area contributed by atoms with Crippen LogP contribution in [0, 0.1) is 0 Å². The lowest BCUT2D eigenvalue weighted by atomic mass is 9.81. The van der Waals surface area contributed by atoms with Gasteiger partial charge >= 0.3 is 0 Å². The Labute approximate surface area is 90.9 Å². The Kier molecular flexibility index (Phi) is 3.27. The minimum Gasteiger partial charge on any atom is -0.496 e. The SMILES string of the molecule is COc1ccccc1[C@H]1CCCC[C@@H]1O. The molecule has 0 radical (unpaired) electrons. The Morgan fingerprint density at radius 3 is 2.67 bits per heavy atom. The van der Waals surface area contributed by atoms with E-state index in [-0.39, 0.29) is 12.0 Å². The van der Waals surface area contributed by atoms with E-state index in [1.807, 2.05) is 18.2 Å². The van der Waals surface area contributed by atoms with Crippen molar-refractivity contribution in [3.8, 4) is 5.75 Å². The molecule has 1 aliphatic carbocycles. The van der Waals surface area contributed by atoms with Gasteiger partial charge in [-0.05, 0) is 24.5 Å². The molecule has 1 saturated carbocycles. The summed E-state index contributed by atoms with van der Waals surface area (Å²) >= 11 is 0. The third kappa shape index (κ3) is 2.15. The van der Waals surface area contributed by atoms with Crippen LogP contribution in [0.15, 0.2) is 24.3 Å². The number of hydrogen-bond donors (Lipinski definition) is 1. The second-order valence-corrected chi connectivity index (χ2v) is 4.20. The van der Waals surface area contributed by atoms with Crippen LogP contribution in [-0.4, -0.2) is 18.3 Å². The zero-order chi connectivity index (χ0) is 10.7. The molecule has 1 aromatic carbocycles. The quantitative estimate of drug-likeness (QED) is 0.806. The third-order valence-corrected chi connectivity index (χ3v) is 3.27. The highest BCUT2D eigenvalue weighted by Crippen LogP contribution is 2.37. The standard InChI is InChI=1S/C13H18O2/c1-15-13-9-5-3-7-11(13)10-6-2-4-8-12(10)14/h3,5,7,9-10,12,14H,2,4,6,8H2,1H3/t10-,12+/m1/s1. The predicted octanol–water partition coefficient (Wildman–Crippen LogP) is 2.71. The number of methoxy groups -OCH3 is 1. The van der Waals surface area contributed by atoms with E-state index in [0.29, 0.717) is 0 Å². The van der Waals surface area contributed by atoms with Gasteiger partial charge in [-0.3, -0.25) is 0 Å². The Morgan fingerprint density at radius 1 is 1.20 bits per heavy atom. The molecular weight excluding hydrogens is 188 g/mol. The highest BCUT2D eigenvalue weighted by atomic mass is 16.5. The van der Waals surface area contributed by atoms with Gasteiger partial charge in [0.05, 0.1) is 13.2 Å². The third-order valence-electron chi connectivity index (χ3n) is 3.27. The maximum atomic E-state index is 9.99. The van der Waals surface area contributed by atoms with Gasteiger partial charge in [-0.2, -0.15) is 0 Å². The first-order chi connectivity index (χ1) is 7.33. The fourth-order valence-corrected chi connectivity index (χ4v) is 2.45. The lowest BCUT2D eigenvalue weighted by molar-refractivity contribution is 0.105. The fourth-order valence-electron chi connectivity index (χ4n) is 2.45. The van der Waals surface area contributed by atoms with Crippen molar-refractivity contribution in [2.24, 2.45) is 0 Å². The van der Waals surface area contributed by atoms with Gasteiger partial charge in [0.15, 0.2) is 0 Å². The highest BCUT2D eigenvalue weighted by molar-refractivity contribution is 5.37. The van der Waals surface area contributed by atoms with Crippen LogP contribution in [0.2, 0.25) is 0 Å². The molecule has 1 aliphatic rings. The molecule has 0 saturated heterocycles. The van der Waals surface area contributed by atoms with Crippen molar-refractivity contribution in [1.82, 2.24) is 0 Å². The van der Waals surface area contributed by atoms with Gasteiger partial charge in [0.25, 0.3) is 0 Å². The summed E-state index contributed by atoms with van der Waals surface area (Å²) in [6.45, 7) is 0. The van der Waals surface area contributed by atoms with Gasteiger partial charge < -0.3 is 9.84 Å². The number of ether oxygens (including phenoxy) is 1. The average Bonchev–Trinajstić information content (AvgIpc) is 2.30. The van der Waals surface area contributed by atoms with E-state index in [1.54, 1.807) is 7.11 Å². The Morgan fingerprint density at radius 2 is 1.93 bits per heavy atom. The second kappa shape index (κ2) is 4.67. The summed E-state index contributed by atoms with van der Waals surface area (Å²) in [7, 11) is 1.69. The molecule has 2 atom stereocenters. The molecule has 2 rings (SSSR count). The summed E-state index contributed by atoms with van der Waals surface area (Å²) in [5.74, 6) is 1.17. The van der Waals surface area contributed by atoms with E-state index in [2.05, 4.69) is 6.07 Å². The van der Waals surface area contributed by atoms with E-state index in [1.165, 1.54) is 6.42 Å². The molecule has 0 bridgehead atoms. The van der Waals surface area contributed by atoms with Gasteiger partial charge in [-0.1, -0.05) is 31.0 Å². The van der Waals surface area contributed by atoms with Crippen LogP contribution in [0.4, 0.5) is 0 Å². The summed E-state index contributed by atoms with van der Waals surface area (Å²) < 4.78 is 5.34. The van der Waals surface area contributed by atoms with Crippen LogP contribution < -0.4 is 4.74 Å². The first kappa shape index (κ1) is 10.5. The predicted molar refractivity (Wildman–Crippen MR) is 60.2 cm³/mol. The van der Waals surface area contributed by atoms with Gasteiger partial charge in [0.1, 0.15) is 5.75 Å². The second-order valence-electron chi connectivity index (χ2n) is 4.20. The molecule has 0 aliphatic heterocycles. The van der Waals surface area contributed by atoms with Gasteiger partial charge in [0, 0.05) is 5.92 Å². The Balaban J connectivity index is 2.26. The normalized spacial score (nSPS) is 26.3. The lowest BCUT2D eigenvalue weighted by Gasteiger charge is -2.28. The zero-order valence-electron chi connectivity index (χ0n) is 9.15. The molecule has 1 aromatic rings. The first-order valence-electron chi connectivity index (χ1n) is 5.64. The summed E-state index contributed by atoms with van der Waals surface area (Å²) in [6.07, 6.45) is 4.15.